The van der Waals surface area contributed by atoms with Gasteiger partial charge in [-0.15, -0.1) is 18.2 Å². The maximum atomic E-state index is 5.64. The van der Waals surface area contributed by atoms with Crippen LogP contribution in [0.5, 0.6) is 0 Å². The van der Waals surface area contributed by atoms with E-state index in [-0.39, 0.29) is 25.9 Å². The molecule has 0 aliphatic heterocycles. The molecule has 1 atom stereocenters. The molecule has 0 aromatic carbocycles. The van der Waals surface area contributed by atoms with Crippen LogP contribution in [0.3, 0.4) is 0 Å². The molecule has 0 amide bonds. The topological polar surface area (TPSA) is 0 Å². The normalized spacial score (nSPS) is 11.9. The second-order valence-corrected chi connectivity index (χ2v) is 3.42. The zero-order chi connectivity index (χ0) is 7.98. The van der Waals surface area contributed by atoms with Gasteiger partial charge >= 0.3 is 23.1 Å². The average Bonchev–Trinajstić information content (AvgIpc) is 1.87. The average molecular weight is 187 g/mol. The van der Waals surface area contributed by atoms with Crippen molar-refractivity contribution in [3.63, 3.8) is 0 Å². The summed E-state index contributed by atoms with van der Waals surface area (Å²) in [6, 6.07) is 0. The first-order valence-electron chi connectivity index (χ1n) is 3.87. The van der Waals surface area contributed by atoms with Crippen LogP contribution in [0.2, 0.25) is 0 Å². The van der Waals surface area contributed by atoms with Gasteiger partial charge in [-0.1, -0.05) is 12.5 Å². The molecule has 0 aromatic rings. The van der Waals surface area contributed by atoms with E-state index >= 15 is 0 Å². The number of halogens is 1. The van der Waals surface area contributed by atoms with Gasteiger partial charge in [0.05, 0.1) is 0 Å². The summed E-state index contributed by atoms with van der Waals surface area (Å²) in [6.45, 7) is 8.11. The summed E-state index contributed by atoms with van der Waals surface area (Å²) < 4.78 is 0. The van der Waals surface area contributed by atoms with Crippen LogP contribution in [-0.2, 0) is 0 Å². The molecule has 0 aliphatic carbocycles. The Morgan fingerprint density at radius 3 is 2.55 bits per heavy atom. The summed E-state index contributed by atoms with van der Waals surface area (Å²) >= 11 is 5.64. The molecule has 0 N–H and O–H groups in total. The molecule has 0 rings (SSSR count). The molecular weight excluding hydrogens is 168 g/mol. The molecule has 0 spiro atoms. The van der Waals surface area contributed by atoms with E-state index in [0.29, 0.717) is 5.92 Å². The van der Waals surface area contributed by atoms with E-state index in [1.165, 1.54) is 18.4 Å². The minimum atomic E-state index is 0. The summed E-state index contributed by atoms with van der Waals surface area (Å²) in [4.78, 5) is 0. The SMILES string of the molecule is C=C(C)CCCC(C)CCl.[H-].[H-].[Mg+2]. The minimum Gasteiger partial charge on any atom is -1.00 e. The third-order valence-electron chi connectivity index (χ3n) is 1.56. The Hall–Kier alpha value is 0.796. The van der Waals surface area contributed by atoms with Gasteiger partial charge in [0, 0.05) is 5.88 Å². The Morgan fingerprint density at radius 2 is 2.18 bits per heavy atom. The van der Waals surface area contributed by atoms with Gasteiger partial charge in [-0.05, 0) is 32.1 Å². The van der Waals surface area contributed by atoms with Gasteiger partial charge in [0.2, 0.25) is 0 Å². The van der Waals surface area contributed by atoms with Crippen molar-refractivity contribution in [3.05, 3.63) is 12.2 Å². The van der Waals surface area contributed by atoms with Crippen molar-refractivity contribution in [2.75, 3.05) is 5.88 Å². The third kappa shape index (κ3) is 10.8. The van der Waals surface area contributed by atoms with E-state index in [2.05, 4.69) is 20.4 Å². The summed E-state index contributed by atoms with van der Waals surface area (Å²) in [5.74, 6) is 1.46. The Labute approximate surface area is 94.5 Å². The summed E-state index contributed by atoms with van der Waals surface area (Å²) in [6.07, 6.45) is 3.63. The molecule has 1 unspecified atom stereocenters. The first kappa shape index (κ1) is 14.3. The molecule has 0 fully saturated rings. The van der Waals surface area contributed by atoms with Crippen LogP contribution < -0.4 is 0 Å². The van der Waals surface area contributed by atoms with Gasteiger partial charge in [0.15, 0.2) is 0 Å². The monoisotopic (exact) mass is 186 g/mol. The zero-order valence-corrected chi connectivity index (χ0v) is 9.87. The molecule has 2 heteroatoms. The van der Waals surface area contributed by atoms with Crippen LogP contribution >= 0.6 is 11.6 Å². The van der Waals surface area contributed by atoms with Crippen molar-refractivity contribution in [2.24, 2.45) is 5.92 Å². The molecule has 0 saturated heterocycles. The second kappa shape index (κ2) is 8.89. The maximum absolute atomic E-state index is 5.64. The molecule has 0 saturated carbocycles. The standard InChI is InChI=1S/C9H17Cl.Mg.2H/c1-8(2)5-4-6-9(3)7-10;;;/h9H,1,4-7H2,2-3H3;;;/q;+2;2*-1. The number of allylic oxidation sites excluding steroid dienone is 1. The van der Waals surface area contributed by atoms with E-state index in [1.807, 2.05) is 0 Å². The fourth-order valence-electron chi connectivity index (χ4n) is 0.829. The van der Waals surface area contributed by atoms with Gasteiger partial charge in [-0.3, -0.25) is 0 Å². The largest absolute Gasteiger partial charge is 2.00 e. The molecule has 11 heavy (non-hydrogen) atoms. The molecule has 0 radical (unpaired) electrons. The van der Waals surface area contributed by atoms with Gasteiger partial charge in [-0.25, -0.2) is 0 Å². The smallest absolute Gasteiger partial charge is 1.00 e. The van der Waals surface area contributed by atoms with Crippen LogP contribution in [0, 0.1) is 5.92 Å². The van der Waals surface area contributed by atoms with Crippen LogP contribution in [0.15, 0.2) is 12.2 Å². The fourth-order valence-corrected chi connectivity index (χ4v) is 0.984. The Balaban J connectivity index is -0.000000135. The third-order valence-corrected chi connectivity index (χ3v) is 2.09. The molecular formula is C9H19ClMg. The van der Waals surface area contributed by atoms with E-state index in [4.69, 9.17) is 11.6 Å². The summed E-state index contributed by atoms with van der Waals surface area (Å²) in [5, 5.41) is 0. The van der Waals surface area contributed by atoms with Gasteiger partial charge < -0.3 is 2.85 Å². The predicted molar refractivity (Wildman–Crippen MR) is 56.5 cm³/mol. The van der Waals surface area contributed by atoms with Gasteiger partial charge in [0.25, 0.3) is 0 Å². The van der Waals surface area contributed by atoms with Crippen molar-refractivity contribution >= 4 is 34.7 Å². The van der Waals surface area contributed by atoms with Crippen LogP contribution in [-0.4, -0.2) is 28.9 Å². The Bertz CT molecular complexity index is 110. The van der Waals surface area contributed by atoms with Crippen molar-refractivity contribution in [2.45, 2.75) is 33.1 Å². The summed E-state index contributed by atoms with van der Waals surface area (Å²) in [5.41, 5.74) is 1.28. The van der Waals surface area contributed by atoms with E-state index < -0.39 is 0 Å². The van der Waals surface area contributed by atoms with Crippen LogP contribution in [0.1, 0.15) is 36.0 Å². The molecule has 0 aromatic heterocycles. The van der Waals surface area contributed by atoms with Gasteiger partial charge in [0.1, 0.15) is 0 Å². The molecule has 0 heterocycles. The molecule has 64 valence electrons. The van der Waals surface area contributed by atoms with E-state index in [9.17, 15) is 0 Å². The van der Waals surface area contributed by atoms with Crippen LogP contribution in [0.4, 0.5) is 0 Å². The zero-order valence-electron chi connectivity index (χ0n) is 9.70. The Morgan fingerprint density at radius 1 is 1.64 bits per heavy atom. The summed E-state index contributed by atoms with van der Waals surface area (Å²) in [7, 11) is 0. The van der Waals surface area contributed by atoms with Crippen LogP contribution in [0.25, 0.3) is 0 Å². The Kier molecular flexibility index (Phi) is 11.6. The van der Waals surface area contributed by atoms with Crippen molar-refractivity contribution in [3.8, 4) is 0 Å². The first-order valence-corrected chi connectivity index (χ1v) is 4.40. The van der Waals surface area contributed by atoms with Gasteiger partial charge in [-0.2, -0.15) is 0 Å². The number of hydrogen-bond acceptors (Lipinski definition) is 0. The predicted octanol–water partition coefficient (Wildman–Crippen LogP) is 3.45. The molecule has 0 bridgehead atoms. The van der Waals surface area contributed by atoms with Crippen molar-refractivity contribution < 1.29 is 2.85 Å². The maximum Gasteiger partial charge on any atom is 2.00 e. The van der Waals surface area contributed by atoms with Crippen molar-refractivity contribution in [1.82, 2.24) is 0 Å². The first-order chi connectivity index (χ1) is 4.66. The van der Waals surface area contributed by atoms with E-state index in [0.717, 1.165) is 12.3 Å². The van der Waals surface area contributed by atoms with Crippen molar-refractivity contribution in [1.29, 1.82) is 0 Å². The minimum absolute atomic E-state index is 0. The number of hydrogen-bond donors (Lipinski definition) is 0. The molecule has 0 aliphatic rings. The van der Waals surface area contributed by atoms with E-state index in [1.54, 1.807) is 0 Å². The molecule has 0 nitrogen and oxygen atoms in total. The second-order valence-electron chi connectivity index (χ2n) is 3.11. The fraction of sp³-hybridized carbons (Fsp3) is 0.778. The quantitative estimate of drug-likeness (QED) is 0.351. The number of alkyl halides is 1. The number of rotatable bonds is 5.